The number of hydrogen-bond donors (Lipinski definition) is 1. The van der Waals surface area contributed by atoms with E-state index in [0.717, 1.165) is 43.1 Å². The number of anilines is 1. The van der Waals surface area contributed by atoms with Crippen molar-refractivity contribution in [2.45, 2.75) is 46.6 Å². The van der Waals surface area contributed by atoms with Crippen molar-refractivity contribution < 1.29 is 4.39 Å². The van der Waals surface area contributed by atoms with Crippen molar-refractivity contribution in [2.75, 3.05) is 18.0 Å². The summed E-state index contributed by atoms with van der Waals surface area (Å²) in [6.45, 7) is 9.22. The Hall–Kier alpha value is -1.09. The Morgan fingerprint density at radius 1 is 1.25 bits per heavy atom. The first-order chi connectivity index (χ1) is 9.41. The molecule has 0 aromatic heterocycles. The zero-order valence-electron chi connectivity index (χ0n) is 13.0. The van der Waals surface area contributed by atoms with Crippen molar-refractivity contribution in [1.29, 1.82) is 0 Å². The van der Waals surface area contributed by atoms with E-state index < -0.39 is 0 Å². The zero-order chi connectivity index (χ0) is 14.8. The molecule has 2 nitrogen and oxygen atoms in total. The fourth-order valence-electron chi connectivity index (χ4n) is 3.14. The Morgan fingerprint density at radius 3 is 2.60 bits per heavy atom. The van der Waals surface area contributed by atoms with Gasteiger partial charge >= 0.3 is 0 Å². The Morgan fingerprint density at radius 2 is 2.00 bits per heavy atom. The quantitative estimate of drug-likeness (QED) is 0.888. The van der Waals surface area contributed by atoms with Gasteiger partial charge in [-0.25, -0.2) is 4.39 Å². The van der Waals surface area contributed by atoms with E-state index in [0.29, 0.717) is 12.0 Å². The third kappa shape index (κ3) is 3.51. The van der Waals surface area contributed by atoms with Gasteiger partial charge in [0, 0.05) is 19.6 Å². The highest BCUT2D eigenvalue weighted by atomic mass is 19.1. The van der Waals surface area contributed by atoms with Gasteiger partial charge in [-0.15, -0.1) is 0 Å². The Labute approximate surface area is 122 Å². The molecule has 1 atom stereocenters. The summed E-state index contributed by atoms with van der Waals surface area (Å²) in [7, 11) is 0. The number of rotatable bonds is 2. The second-order valence-corrected chi connectivity index (χ2v) is 6.97. The molecule has 1 aromatic rings. The minimum atomic E-state index is -0.137. The van der Waals surface area contributed by atoms with Crippen LogP contribution in [0.4, 0.5) is 10.1 Å². The number of benzene rings is 1. The molecule has 3 heteroatoms. The largest absolute Gasteiger partial charge is 0.369 e. The maximum atomic E-state index is 14.2. The van der Waals surface area contributed by atoms with Gasteiger partial charge in [0.15, 0.2) is 0 Å². The first kappa shape index (κ1) is 15.3. The molecular formula is C17H27FN2. The van der Waals surface area contributed by atoms with Gasteiger partial charge in [-0.3, -0.25) is 0 Å². The molecule has 0 amide bonds. The summed E-state index contributed by atoms with van der Waals surface area (Å²) in [5, 5.41) is 0. The molecule has 1 aliphatic rings. The van der Waals surface area contributed by atoms with Crippen molar-refractivity contribution in [1.82, 2.24) is 0 Å². The summed E-state index contributed by atoms with van der Waals surface area (Å²) in [4.78, 5) is 2.20. The molecule has 1 saturated heterocycles. The van der Waals surface area contributed by atoms with Gasteiger partial charge < -0.3 is 10.6 Å². The summed E-state index contributed by atoms with van der Waals surface area (Å²) in [6.07, 6.45) is 3.52. The maximum Gasteiger partial charge on any atom is 0.146 e. The van der Waals surface area contributed by atoms with E-state index in [9.17, 15) is 4.39 Å². The fourth-order valence-corrected chi connectivity index (χ4v) is 3.14. The van der Waals surface area contributed by atoms with Gasteiger partial charge in [-0.2, -0.15) is 0 Å². The lowest BCUT2D eigenvalue weighted by molar-refractivity contribution is 0.220. The molecule has 0 radical (unpaired) electrons. The molecule has 0 aliphatic carbocycles. The molecule has 0 saturated carbocycles. The molecule has 112 valence electrons. The van der Waals surface area contributed by atoms with E-state index >= 15 is 0 Å². The lowest BCUT2D eigenvalue weighted by Gasteiger charge is -2.30. The molecule has 0 spiro atoms. The molecule has 1 aliphatic heterocycles. The highest BCUT2D eigenvalue weighted by molar-refractivity contribution is 5.49. The van der Waals surface area contributed by atoms with Crippen molar-refractivity contribution in [3.8, 4) is 0 Å². The predicted octanol–water partition coefficient (Wildman–Crippen LogP) is 3.94. The Bertz CT molecular complexity index is 451. The fraction of sp³-hybridized carbons (Fsp3) is 0.647. The highest BCUT2D eigenvalue weighted by Gasteiger charge is 2.27. The second kappa shape index (κ2) is 6.13. The second-order valence-electron chi connectivity index (χ2n) is 6.97. The molecule has 0 bridgehead atoms. The van der Waals surface area contributed by atoms with Gasteiger partial charge in [-0.1, -0.05) is 26.8 Å². The molecule has 1 heterocycles. The van der Waals surface area contributed by atoms with Crippen LogP contribution in [-0.2, 0) is 6.54 Å². The van der Waals surface area contributed by atoms with Crippen LogP contribution in [0.1, 0.15) is 45.6 Å². The summed E-state index contributed by atoms with van der Waals surface area (Å²) >= 11 is 0. The van der Waals surface area contributed by atoms with Crippen LogP contribution in [0.15, 0.2) is 18.2 Å². The number of nitrogens with two attached hydrogens (primary N) is 1. The minimum Gasteiger partial charge on any atom is -0.369 e. The van der Waals surface area contributed by atoms with Crippen LogP contribution in [0.3, 0.4) is 0 Å². The topological polar surface area (TPSA) is 29.3 Å². The lowest BCUT2D eigenvalue weighted by Crippen LogP contribution is -2.26. The molecule has 1 aromatic carbocycles. The summed E-state index contributed by atoms with van der Waals surface area (Å²) in [5.74, 6) is 0.584. The van der Waals surface area contributed by atoms with Gasteiger partial charge in [0.2, 0.25) is 0 Å². The van der Waals surface area contributed by atoms with Crippen LogP contribution in [-0.4, -0.2) is 13.1 Å². The minimum absolute atomic E-state index is 0.137. The van der Waals surface area contributed by atoms with E-state index in [1.54, 1.807) is 6.07 Å². The summed E-state index contributed by atoms with van der Waals surface area (Å²) < 4.78 is 14.2. The van der Waals surface area contributed by atoms with E-state index in [1.165, 1.54) is 6.42 Å². The molecule has 2 N–H and O–H groups in total. The van der Waals surface area contributed by atoms with Gasteiger partial charge in [0.05, 0.1) is 5.69 Å². The van der Waals surface area contributed by atoms with Crippen LogP contribution in [0.25, 0.3) is 0 Å². The van der Waals surface area contributed by atoms with Crippen molar-refractivity contribution in [3.63, 3.8) is 0 Å². The van der Waals surface area contributed by atoms with Crippen molar-refractivity contribution >= 4 is 5.69 Å². The molecule has 1 fully saturated rings. The lowest BCUT2D eigenvalue weighted by atomic mass is 9.77. The molecule has 2 rings (SSSR count). The first-order valence-corrected chi connectivity index (χ1v) is 7.65. The molecule has 1 unspecified atom stereocenters. The Kier molecular flexibility index (Phi) is 4.69. The summed E-state index contributed by atoms with van der Waals surface area (Å²) in [6, 6.07) is 5.39. The highest BCUT2D eigenvalue weighted by Crippen LogP contribution is 2.35. The van der Waals surface area contributed by atoms with Gasteiger partial charge in [0.25, 0.3) is 0 Å². The average Bonchev–Trinajstić information content (AvgIpc) is 2.63. The van der Waals surface area contributed by atoms with Crippen molar-refractivity contribution in [2.24, 2.45) is 17.1 Å². The Balaban J connectivity index is 2.11. The molecular weight excluding hydrogens is 251 g/mol. The van der Waals surface area contributed by atoms with Gasteiger partial charge in [0.1, 0.15) is 5.82 Å². The SMILES string of the molecule is CC(C)(C)C1CCCN(c2ccc(CN)cc2F)CC1. The van der Waals surface area contributed by atoms with Crippen molar-refractivity contribution in [3.05, 3.63) is 29.6 Å². The van der Waals surface area contributed by atoms with E-state index in [2.05, 4.69) is 25.7 Å². The van der Waals surface area contributed by atoms with Crippen LogP contribution < -0.4 is 10.6 Å². The number of halogens is 1. The smallest absolute Gasteiger partial charge is 0.146 e. The monoisotopic (exact) mass is 278 g/mol. The van der Waals surface area contributed by atoms with Crippen LogP contribution in [0.5, 0.6) is 0 Å². The standard InChI is InChI=1S/C17H27FN2/c1-17(2,3)14-5-4-9-20(10-8-14)16-7-6-13(12-19)11-15(16)18/h6-7,11,14H,4-5,8-10,12,19H2,1-3H3. The van der Waals surface area contributed by atoms with E-state index in [4.69, 9.17) is 5.73 Å². The van der Waals surface area contributed by atoms with Crippen LogP contribution in [0, 0.1) is 17.2 Å². The third-order valence-electron chi connectivity index (χ3n) is 4.54. The van der Waals surface area contributed by atoms with E-state index in [-0.39, 0.29) is 5.82 Å². The van der Waals surface area contributed by atoms with E-state index in [1.807, 2.05) is 12.1 Å². The van der Waals surface area contributed by atoms with Crippen LogP contribution >= 0.6 is 0 Å². The average molecular weight is 278 g/mol. The molecule has 20 heavy (non-hydrogen) atoms. The number of nitrogens with zero attached hydrogens (tertiary/aromatic N) is 1. The normalized spacial score (nSPS) is 20.9. The predicted molar refractivity (Wildman–Crippen MR) is 83.3 cm³/mol. The zero-order valence-corrected chi connectivity index (χ0v) is 13.0. The third-order valence-corrected chi connectivity index (χ3v) is 4.54. The number of hydrogen-bond acceptors (Lipinski definition) is 2. The van der Waals surface area contributed by atoms with Gasteiger partial charge in [-0.05, 0) is 48.3 Å². The maximum absolute atomic E-state index is 14.2. The first-order valence-electron chi connectivity index (χ1n) is 7.65. The van der Waals surface area contributed by atoms with Crippen LogP contribution in [0.2, 0.25) is 0 Å². The summed E-state index contributed by atoms with van der Waals surface area (Å²) in [5.41, 5.74) is 7.49.